The molecule has 6 heteroatoms. The van der Waals surface area contributed by atoms with Gasteiger partial charge in [0, 0.05) is 24.0 Å². The standard InChI is InChI=1S/2C13H14O3/c2*14-12(15)7-9-2-1-8-3-4-11-10(13(8)9)5-6-16-11/h2*3-4,9H,1-2,5-7H2,(H,14,15)/t2*9-/m10/s1. The van der Waals surface area contributed by atoms with Crippen LogP contribution in [0.4, 0.5) is 0 Å². The predicted octanol–water partition coefficient (Wildman–Crippen LogP) is 4.25. The number of aryl methyl sites for hydroxylation is 2. The first-order valence-corrected chi connectivity index (χ1v) is 11.5. The smallest absolute Gasteiger partial charge is 0.303 e. The Balaban J connectivity index is 0.000000135. The summed E-state index contributed by atoms with van der Waals surface area (Å²) >= 11 is 0. The van der Waals surface area contributed by atoms with E-state index in [2.05, 4.69) is 12.1 Å². The predicted molar refractivity (Wildman–Crippen MR) is 118 cm³/mol. The van der Waals surface area contributed by atoms with E-state index in [0.29, 0.717) is 0 Å². The van der Waals surface area contributed by atoms with Crippen LogP contribution in [-0.2, 0) is 35.3 Å². The summed E-state index contributed by atoms with van der Waals surface area (Å²) < 4.78 is 11.1. The van der Waals surface area contributed by atoms with Crippen LogP contribution in [-0.4, -0.2) is 35.4 Å². The Hall–Kier alpha value is -3.02. The first-order chi connectivity index (χ1) is 15.5. The SMILES string of the molecule is O=C(O)C[C@@H]1CCc2ccc3c(c21)CCO3.O=C(O)C[C@H]1CCc2ccc3c(c21)CCO3. The molecule has 0 spiro atoms. The Morgan fingerprint density at radius 3 is 1.56 bits per heavy atom. The topological polar surface area (TPSA) is 93.1 Å². The maximum atomic E-state index is 10.8. The van der Waals surface area contributed by atoms with Gasteiger partial charge in [0.05, 0.1) is 26.1 Å². The van der Waals surface area contributed by atoms with E-state index in [1.807, 2.05) is 12.1 Å². The number of hydrogen-bond acceptors (Lipinski definition) is 4. The number of carbonyl (C=O) groups is 2. The largest absolute Gasteiger partial charge is 0.493 e. The molecule has 2 N–H and O–H groups in total. The van der Waals surface area contributed by atoms with Crippen molar-refractivity contribution >= 4 is 11.9 Å². The van der Waals surface area contributed by atoms with Crippen molar-refractivity contribution in [1.29, 1.82) is 0 Å². The highest BCUT2D eigenvalue weighted by molar-refractivity contribution is 5.69. The molecule has 0 saturated heterocycles. The number of ether oxygens (including phenoxy) is 2. The number of carboxylic acids is 2. The Bertz CT molecular complexity index is 987. The van der Waals surface area contributed by atoms with E-state index in [0.717, 1.165) is 63.2 Å². The maximum Gasteiger partial charge on any atom is 0.303 e. The fourth-order valence-electron chi connectivity index (χ4n) is 5.93. The molecule has 0 bridgehead atoms. The van der Waals surface area contributed by atoms with Crippen LogP contribution in [0, 0.1) is 0 Å². The van der Waals surface area contributed by atoms with Crippen LogP contribution in [0.2, 0.25) is 0 Å². The Kier molecular flexibility index (Phi) is 5.53. The van der Waals surface area contributed by atoms with Crippen molar-refractivity contribution in [2.75, 3.05) is 13.2 Å². The van der Waals surface area contributed by atoms with Gasteiger partial charge in [-0.05, 0) is 71.9 Å². The summed E-state index contributed by atoms with van der Waals surface area (Å²) in [6.45, 7) is 1.48. The van der Waals surface area contributed by atoms with Crippen LogP contribution in [0.3, 0.4) is 0 Å². The van der Waals surface area contributed by atoms with Gasteiger partial charge in [-0.25, -0.2) is 0 Å². The van der Waals surface area contributed by atoms with E-state index in [1.54, 1.807) is 0 Å². The summed E-state index contributed by atoms with van der Waals surface area (Å²) in [6.07, 6.45) is 6.35. The van der Waals surface area contributed by atoms with Gasteiger partial charge >= 0.3 is 11.9 Å². The third-order valence-electron chi connectivity index (χ3n) is 7.21. The van der Waals surface area contributed by atoms with Crippen molar-refractivity contribution in [3.8, 4) is 11.5 Å². The number of fused-ring (bicyclic) bond motifs is 6. The van der Waals surface area contributed by atoms with Crippen LogP contribution in [0.1, 0.15) is 70.9 Å². The van der Waals surface area contributed by atoms with Crippen LogP contribution in [0.25, 0.3) is 0 Å². The lowest BCUT2D eigenvalue weighted by atomic mass is 9.92. The van der Waals surface area contributed by atoms with E-state index in [9.17, 15) is 9.59 Å². The van der Waals surface area contributed by atoms with Crippen LogP contribution >= 0.6 is 0 Å². The number of benzene rings is 2. The molecule has 2 aliphatic heterocycles. The van der Waals surface area contributed by atoms with Gasteiger partial charge < -0.3 is 19.7 Å². The summed E-state index contributed by atoms with van der Waals surface area (Å²) in [5.41, 5.74) is 7.74. The van der Waals surface area contributed by atoms with E-state index < -0.39 is 11.9 Å². The highest BCUT2D eigenvalue weighted by Crippen LogP contribution is 2.44. The monoisotopic (exact) mass is 436 g/mol. The molecule has 32 heavy (non-hydrogen) atoms. The van der Waals surface area contributed by atoms with Gasteiger partial charge in [-0.1, -0.05) is 12.1 Å². The first-order valence-electron chi connectivity index (χ1n) is 11.5. The van der Waals surface area contributed by atoms with E-state index >= 15 is 0 Å². The molecule has 2 aromatic carbocycles. The lowest BCUT2D eigenvalue weighted by Crippen LogP contribution is -2.05. The van der Waals surface area contributed by atoms with Crippen molar-refractivity contribution in [2.45, 2.75) is 63.2 Å². The Labute approximate surface area is 187 Å². The van der Waals surface area contributed by atoms with Crippen LogP contribution in [0.15, 0.2) is 24.3 Å². The molecule has 2 atom stereocenters. The Morgan fingerprint density at radius 2 is 1.16 bits per heavy atom. The van der Waals surface area contributed by atoms with E-state index in [-0.39, 0.29) is 24.7 Å². The molecule has 2 aromatic rings. The van der Waals surface area contributed by atoms with E-state index in [1.165, 1.54) is 33.4 Å². The molecule has 2 heterocycles. The molecule has 0 saturated carbocycles. The van der Waals surface area contributed by atoms with Crippen molar-refractivity contribution in [3.63, 3.8) is 0 Å². The second-order valence-corrected chi connectivity index (χ2v) is 9.09. The van der Waals surface area contributed by atoms with Crippen molar-refractivity contribution < 1.29 is 29.3 Å². The molecule has 0 fully saturated rings. The van der Waals surface area contributed by atoms with E-state index in [4.69, 9.17) is 19.7 Å². The highest BCUT2D eigenvalue weighted by atomic mass is 16.5. The molecule has 0 radical (unpaired) electrons. The minimum atomic E-state index is -0.700. The molecule has 6 rings (SSSR count). The lowest BCUT2D eigenvalue weighted by Gasteiger charge is -2.12. The van der Waals surface area contributed by atoms with Gasteiger partial charge in [0.1, 0.15) is 11.5 Å². The first kappa shape index (κ1) is 20.9. The van der Waals surface area contributed by atoms with Gasteiger partial charge in [-0.3, -0.25) is 9.59 Å². The normalized spacial score (nSPS) is 21.4. The van der Waals surface area contributed by atoms with Gasteiger partial charge in [0.15, 0.2) is 0 Å². The van der Waals surface area contributed by atoms with Crippen molar-refractivity contribution in [2.24, 2.45) is 0 Å². The number of hydrogen-bond donors (Lipinski definition) is 2. The quantitative estimate of drug-likeness (QED) is 0.744. The summed E-state index contributed by atoms with van der Waals surface area (Å²) in [4.78, 5) is 21.7. The van der Waals surface area contributed by atoms with Crippen LogP contribution < -0.4 is 9.47 Å². The minimum Gasteiger partial charge on any atom is -0.493 e. The average molecular weight is 437 g/mol. The summed E-state index contributed by atoms with van der Waals surface area (Å²) in [5, 5.41) is 17.8. The van der Waals surface area contributed by atoms with Gasteiger partial charge in [-0.15, -0.1) is 0 Å². The van der Waals surface area contributed by atoms with Gasteiger partial charge in [0.25, 0.3) is 0 Å². The number of rotatable bonds is 4. The summed E-state index contributed by atoms with van der Waals surface area (Å²) in [7, 11) is 0. The minimum absolute atomic E-state index is 0.198. The third-order valence-corrected chi connectivity index (χ3v) is 7.21. The second-order valence-electron chi connectivity index (χ2n) is 9.09. The average Bonchev–Trinajstić information content (AvgIpc) is 3.52. The zero-order valence-electron chi connectivity index (χ0n) is 18.1. The second kappa shape index (κ2) is 8.49. The van der Waals surface area contributed by atoms with Crippen molar-refractivity contribution in [1.82, 2.24) is 0 Å². The third kappa shape index (κ3) is 3.83. The summed E-state index contributed by atoms with van der Waals surface area (Å²) in [5.74, 6) is 0.934. The lowest BCUT2D eigenvalue weighted by molar-refractivity contribution is -0.138. The highest BCUT2D eigenvalue weighted by Gasteiger charge is 2.31. The molecule has 0 amide bonds. The zero-order valence-corrected chi connectivity index (χ0v) is 18.1. The fourth-order valence-corrected chi connectivity index (χ4v) is 5.93. The summed E-state index contributed by atoms with van der Waals surface area (Å²) in [6, 6.07) is 8.26. The molecular formula is C26H28O6. The molecule has 2 aliphatic carbocycles. The molecule has 0 aromatic heterocycles. The number of carboxylic acid groups (broad SMARTS) is 2. The molecular weight excluding hydrogens is 408 g/mol. The molecule has 0 unspecified atom stereocenters. The molecule has 168 valence electrons. The van der Waals surface area contributed by atoms with Crippen LogP contribution in [0.5, 0.6) is 11.5 Å². The van der Waals surface area contributed by atoms with Gasteiger partial charge in [-0.2, -0.15) is 0 Å². The number of aliphatic carboxylic acids is 2. The van der Waals surface area contributed by atoms with Crippen molar-refractivity contribution in [3.05, 3.63) is 57.6 Å². The van der Waals surface area contributed by atoms with Gasteiger partial charge in [0.2, 0.25) is 0 Å². The zero-order chi connectivity index (χ0) is 22.2. The molecule has 4 aliphatic rings. The maximum absolute atomic E-state index is 10.8. The Morgan fingerprint density at radius 1 is 0.719 bits per heavy atom. The molecule has 6 nitrogen and oxygen atoms in total. The fraction of sp³-hybridized carbons (Fsp3) is 0.462.